The number of carbonyl (C=O) groups excluding carboxylic acids is 1. The fraction of sp³-hybridized carbons (Fsp3) is 0.294. The second-order valence-electron chi connectivity index (χ2n) is 5.62. The Hall–Kier alpha value is -2.05. The highest BCUT2D eigenvalue weighted by Gasteiger charge is 2.27. The number of benzene rings is 1. The van der Waals surface area contributed by atoms with E-state index in [0.29, 0.717) is 18.1 Å². The Labute approximate surface area is 138 Å². The maximum absolute atomic E-state index is 12.2. The monoisotopic (exact) mass is 327 g/mol. The third-order valence-corrected chi connectivity index (χ3v) is 5.15. The van der Waals surface area contributed by atoms with Crippen LogP contribution in [0.4, 0.5) is 0 Å². The number of aromatic nitrogens is 1. The molecule has 1 amide bonds. The summed E-state index contributed by atoms with van der Waals surface area (Å²) in [6.07, 6.45) is 4.00. The van der Waals surface area contributed by atoms with Crippen molar-refractivity contribution in [1.82, 2.24) is 9.47 Å². The summed E-state index contributed by atoms with van der Waals surface area (Å²) in [5.41, 5.74) is 2.21. The molecule has 0 atom stereocenters. The molecular formula is C17H17N3O2S. The molecule has 23 heavy (non-hydrogen) atoms. The normalized spacial score (nSPS) is 20.6. The molecule has 0 radical (unpaired) electrons. The molecule has 2 aliphatic rings. The first-order chi connectivity index (χ1) is 11.2. The second kappa shape index (κ2) is 5.86. The Morgan fingerprint density at radius 1 is 1.26 bits per heavy atom. The van der Waals surface area contributed by atoms with Crippen LogP contribution in [0, 0.1) is 0 Å². The number of fused-ring (bicyclic) bond motifs is 1. The fourth-order valence-corrected chi connectivity index (χ4v) is 3.87. The molecule has 1 saturated heterocycles. The van der Waals surface area contributed by atoms with Crippen molar-refractivity contribution in [3.8, 4) is 0 Å². The number of aliphatic imine (C=N–C) groups is 1. The zero-order valence-corrected chi connectivity index (χ0v) is 13.7. The molecule has 1 aromatic carbocycles. The molecule has 0 N–H and O–H groups in total. The van der Waals surface area contributed by atoms with Gasteiger partial charge >= 0.3 is 0 Å². The zero-order chi connectivity index (χ0) is 15.8. The van der Waals surface area contributed by atoms with Crippen LogP contribution in [0.5, 0.6) is 0 Å². The molecular weight excluding hydrogens is 310 g/mol. The molecule has 2 aliphatic heterocycles. The molecule has 0 saturated carbocycles. The predicted octanol–water partition coefficient (Wildman–Crippen LogP) is 2.48. The Morgan fingerprint density at radius 2 is 2.04 bits per heavy atom. The van der Waals surface area contributed by atoms with Crippen molar-refractivity contribution in [3.05, 3.63) is 40.9 Å². The average Bonchev–Trinajstić information content (AvgIpc) is 3.10. The molecule has 4 rings (SSSR count). The van der Waals surface area contributed by atoms with Gasteiger partial charge in [0.1, 0.15) is 0 Å². The lowest BCUT2D eigenvalue weighted by molar-refractivity contribution is -0.113. The van der Waals surface area contributed by atoms with Gasteiger partial charge < -0.3 is 14.2 Å². The van der Waals surface area contributed by atoms with E-state index in [1.165, 1.54) is 11.8 Å². The van der Waals surface area contributed by atoms with Gasteiger partial charge in [-0.25, -0.2) is 0 Å². The molecule has 1 aromatic heterocycles. The largest absolute Gasteiger partial charge is 0.378 e. The van der Waals surface area contributed by atoms with Crippen molar-refractivity contribution in [2.75, 3.05) is 26.3 Å². The molecule has 0 unspecified atom stereocenters. The van der Waals surface area contributed by atoms with E-state index in [9.17, 15) is 4.79 Å². The number of amidine groups is 1. The van der Waals surface area contributed by atoms with E-state index >= 15 is 0 Å². The van der Waals surface area contributed by atoms with E-state index in [1.54, 1.807) is 0 Å². The van der Waals surface area contributed by atoms with Crippen LogP contribution in [-0.4, -0.2) is 46.8 Å². The third-order valence-electron chi connectivity index (χ3n) is 4.11. The number of aryl methyl sites for hydroxylation is 1. The first kappa shape index (κ1) is 14.5. The van der Waals surface area contributed by atoms with Crippen molar-refractivity contribution in [2.24, 2.45) is 12.0 Å². The van der Waals surface area contributed by atoms with Gasteiger partial charge in [-0.15, -0.1) is 0 Å². The van der Waals surface area contributed by atoms with Gasteiger partial charge in [0.25, 0.3) is 5.91 Å². The van der Waals surface area contributed by atoms with Gasteiger partial charge in [0.2, 0.25) is 0 Å². The van der Waals surface area contributed by atoms with Crippen LogP contribution in [0.2, 0.25) is 0 Å². The molecule has 118 valence electrons. The molecule has 6 heteroatoms. The quantitative estimate of drug-likeness (QED) is 0.755. The minimum Gasteiger partial charge on any atom is -0.378 e. The van der Waals surface area contributed by atoms with Crippen molar-refractivity contribution in [3.63, 3.8) is 0 Å². The van der Waals surface area contributed by atoms with Gasteiger partial charge in [-0.1, -0.05) is 18.2 Å². The number of rotatable bonds is 1. The lowest BCUT2D eigenvalue weighted by Crippen LogP contribution is -2.38. The van der Waals surface area contributed by atoms with Crippen LogP contribution < -0.4 is 0 Å². The van der Waals surface area contributed by atoms with E-state index in [1.807, 2.05) is 25.3 Å². The summed E-state index contributed by atoms with van der Waals surface area (Å²) < 4.78 is 7.43. The number of morpholine rings is 1. The lowest BCUT2D eigenvalue weighted by atomic mass is 10.1. The summed E-state index contributed by atoms with van der Waals surface area (Å²) >= 11 is 1.46. The van der Waals surface area contributed by atoms with Gasteiger partial charge in [0.05, 0.1) is 18.1 Å². The highest BCUT2D eigenvalue weighted by molar-refractivity contribution is 8.18. The van der Waals surface area contributed by atoms with Crippen LogP contribution in [-0.2, 0) is 16.6 Å². The van der Waals surface area contributed by atoms with E-state index in [-0.39, 0.29) is 5.91 Å². The van der Waals surface area contributed by atoms with Gasteiger partial charge in [0, 0.05) is 42.8 Å². The maximum atomic E-state index is 12.2. The Morgan fingerprint density at radius 3 is 2.87 bits per heavy atom. The van der Waals surface area contributed by atoms with Crippen molar-refractivity contribution in [2.45, 2.75) is 0 Å². The summed E-state index contributed by atoms with van der Waals surface area (Å²) in [5.74, 6) is -0.149. The van der Waals surface area contributed by atoms with Crippen molar-refractivity contribution in [1.29, 1.82) is 0 Å². The predicted molar refractivity (Wildman–Crippen MR) is 93.3 cm³/mol. The Balaban J connectivity index is 1.63. The van der Waals surface area contributed by atoms with Gasteiger partial charge in [0.15, 0.2) is 5.17 Å². The fourth-order valence-electron chi connectivity index (χ4n) is 2.92. The molecule has 1 fully saturated rings. The van der Waals surface area contributed by atoms with Gasteiger partial charge in [-0.3, -0.25) is 4.79 Å². The van der Waals surface area contributed by atoms with Gasteiger partial charge in [-0.2, -0.15) is 4.99 Å². The van der Waals surface area contributed by atoms with Crippen LogP contribution in [0.15, 0.2) is 40.4 Å². The van der Waals surface area contributed by atoms with E-state index < -0.39 is 0 Å². The van der Waals surface area contributed by atoms with Crippen LogP contribution >= 0.6 is 11.8 Å². The standard InChI is InChI=1S/C17H17N3O2S/c1-19-11-12(13-4-2-3-5-14(13)19)10-15-16(21)18-17(23-15)20-6-8-22-9-7-20/h2-5,10-11H,6-9H2,1H3/b15-10+. The van der Waals surface area contributed by atoms with E-state index in [0.717, 1.165) is 34.7 Å². The number of hydrogen-bond donors (Lipinski definition) is 0. The molecule has 5 nitrogen and oxygen atoms in total. The minimum atomic E-state index is -0.149. The highest BCUT2D eigenvalue weighted by Crippen LogP contribution is 2.32. The number of para-hydroxylation sites is 1. The summed E-state index contributed by atoms with van der Waals surface area (Å²) in [4.78, 5) is 19.3. The lowest BCUT2D eigenvalue weighted by Gasteiger charge is -2.27. The zero-order valence-electron chi connectivity index (χ0n) is 12.9. The van der Waals surface area contributed by atoms with Crippen molar-refractivity contribution >= 4 is 39.8 Å². The SMILES string of the molecule is Cn1cc(/C=C2/SC(N3CCOCC3)=NC2=O)c2ccccc21. The second-order valence-corrected chi connectivity index (χ2v) is 6.63. The first-order valence-electron chi connectivity index (χ1n) is 7.62. The van der Waals surface area contributed by atoms with Crippen LogP contribution in [0.1, 0.15) is 5.56 Å². The molecule has 2 aromatic rings. The number of ether oxygens (including phenoxy) is 1. The smallest absolute Gasteiger partial charge is 0.286 e. The number of thioether (sulfide) groups is 1. The third kappa shape index (κ3) is 2.68. The number of nitrogens with zero attached hydrogens (tertiary/aromatic N) is 3. The highest BCUT2D eigenvalue weighted by atomic mass is 32.2. The summed E-state index contributed by atoms with van der Waals surface area (Å²) in [6.45, 7) is 2.97. The summed E-state index contributed by atoms with van der Waals surface area (Å²) in [5, 5.41) is 1.94. The first-order valence-corrected chi connectivity index (χ1v) is 8.43. The molecule has 0 bridgehead atoms. The number of amides is 1. The Bertz CT molecular complexity index is 831. The topological polar surface area (TPSA) is 46.8 Å². The maximum Gasteiger partial charge on any atom is 0.286 e. The number of carbonyl (C=O) groups is 1. The molecule has 3 heterocycles. The molecule has 0 spiro atoms. The van der Waals surface area contributed by atoms with Crippen LogP contribution in [0.25, 0.3) is 17.0 Å². The van der Waals surface area contributed by atoms with Crippen molar-refractivity contribution < 1.29 is 9.53 Å². The number of hydrogen-bond acceptors (Lipinski definition) is 4. The average molecular weight is 327 g/mol. The Kier molecular flexibility index (Phi) is 3.71. The van der Waals surface area contributed by atoms with E-state index in [4.69, 9.17) is 4.74 Å². The summed E-state index contributed by atoms with van der Waals surface area (Å²) in [6, 6.07) is 8.20. The van der Waals surface area contributed by atoms with Crippen LogP contribution in [0.3, 0.4) is 0 Å². The summed E-state index contributed by atoms with van der Waals surface area (Å²) in [7, 11) is 2.02. The minimum absolute atomic E-state index is 0.149. The van der Waals surface area contributed by atoms with Gasteiger partial charge in [-0.05, 0) is 23.9 Å². The molecule has 0 aliphatic carbocycles. The van der Waals surface area contributed by atoms with E-state index in [2.05, 4.69) is 32.8 Å².